The topological polar surface area (TPSA) is 56.0 Å². The molecule has 3 heterocycles. The number of pyridine rings is 1. The predicted molar refractivity (Wildman–Crippen MR) is 334 cm³/mol. The van der Waals surface area contributed by atoms with Crippen LogP contribution in [0.1, 0.15) is 79.0 Å². The van der Waals surface area contributed by atoms with Gasteiger partial charge in [0.2, 0.25) is 0 Å². The smallest absolute Gasteiger partial charge is 0.137 e. The number of nitrogens with zero attached hydrogens (tertiary/aromatic N) is 3. The molecule has 9 aromatic carbocycles. The fraction of sp³-hybridized carbons (Fsp3) is 0.164. The number of benzene rings is 9. The van der Waals surface area contributed by atoms with Crippen LogP contribution in [-0.2, 0) is 16.2 Å². The number of nitrogens with one attached hydrogen (secondary N) is 2. The Hall–Kier alpha value is -9.13. The molecule has 12 aromatic rings. The van der Waals surface area contributed by atoms with Gasteiger partial charge >= 0.3 is 0 Å². The number of anilines is 4. The SMILES string of the molecule is CC(C)(C)c1cc(-c2cccc(-c3ccccc3)c2Nc2ccccc2Nc2cc(Oc3ccc4c(c3)n(-c3cc(C(C)(C)C)ccn3)c3c5ccccc5n(-c5ccccc5)c43)cc(-c3ccccc3)c2)cc(C(C)(C)C)c1. The Morgan fingerprint density at radius 3 is 1.62 bits per heavy atom. The van der Waals surface area contributed by atoms with Crippen LogP contribution in [-0.4, -0.2) is 14.1 Å². The molecule has 0 unspecified atom stereocenters. The lowest BCUT2D eigenvalue weighted by Crippen LogP contribution is -2.16. The van der Waals surface area contributed by atoms with Gasteiger partial charge in [-0.25, -0.2) is 4.98 Å². The summed E-state index contributed by atoms with van der Waals surface area (Å²) in [4.78, 5) is 5.09. The van der Waals surface area contributed by atoms with Gasteiger partial charge in [0.1, 0.15) is 17.3 Å². The summed E-state index contributed by atoms with van der Waals surface area (Å²) in [6.07, 6.45) is 1.94. The first-order valence-electron chi connectivity index (χ1n) is 27.5. The highest BCUT2D eigenvalue weighted by Crippen LogP contribution is 2.46. The molecular weight excluding hydrogens is 963 g/mol. The van der Waals surface area contributed by atoms with Crippen LogP contribution in [0.4, 0.5) is 22.7 Å². The zero-order valence-electron chi connectivity index (χ0n) is 46.7. The van der Waals surface area contributed by atoms with Crippen molar-refractivity contribution in [2.75, 3.05) is 10.6 Å². The molecule has 0 aliphatic carbocycles. The number of hydrogen-bond acceptors (Lipinski definition) is 4. The molecular formula is C73H67N5O. The van der Waals surface area contributed by atoms with E-state index >= 15 is 0 Å². The second-order valence-corrected chi connectivity index (χ2v) is 24.0. The third-order valence-corrected chi connectivity index (χ3v) is 15.2. The minimum atomic E-state index is -0.0805. The Balaban J connectivity index is 0.979. The number of rotatable bonds is 11. The van der Waals surface area contributed by atoms with Crippen LogP contribution < -0.4 is 15.4 Å². The first-order chi connectivity index (χ1) is 38.0. The molecule has 0 fully saturated rings. The largest absolute Gasteiger partial charge is 0.457 e. The maximum absolute atomic E-state index is 7.10. The van der Waals surface area contributed by atoms with E-state index in [0.717, 1.165) is 94.9 Å². The number of aromatic nitrogens is 3. The maximum Gasteiger partial charge on any atom is 0.137 e. The quantitative estimate of drug-likeness (QED) is 0.136. The molecule has 0 saturated heterocycles. The van der Waals surface area contributed by atoms with Crippen LogP contribution in [0.15, 0.2) is 231 Å². The van der Waals surface area contributed by atoms with Gasteiger partial charge in [0.25, 0.3) is 0 Å². The molecule has 0 radical (unpaired) electrons. The van der Waals surface area contributed by atoms with Crippen LogP contribution in [0.2, 0.25) is 0 Å². The molecule has 0 amide bonds. The Morgan fingerprint density at radius 1 is 0.380 bits per heavy atom. The van der Waals surface area contributed by atoms with E-state index in [1.165, 1.54) is 22.3 Å². The maximum atomic E-state index is 7.10. The summed E-state index contributed by atoms with van der Waals surface area (Å²) in [6.45, 7) is 20.6. The normalized spacial score (nSPS) is 12.1. The van der Waals surface area contributed by atoms with Crippen molar-refractivity contribution in [3.63, 3.8) is 0 Å². The lowest BCUT2D eigenvalue weighted by Gasteiger charge is -2.27. The van der Waals surface area contributed by atoms with Crippen molar-refractivity contribution in [3.8, 4) is 56.4 Å². The number of fused-ring (bicyclic) bond motifs is 5. The lowest BCUT2D eigenvalue weighted by molar-refractivity contribution is 0.484. The zero-order valence-corrected chi connectivity index (χ0v) is 46.7. The molecule has 0 bridgehead atoms. The zero-order chi connectivity index (χ0) is 54.6. The fourth-order valence-electron chi connectivity index (χ4n) is 11.0. The fourth-order valence-corrected chi connectivity index (χ4v) is 11.0. The third-order valence-electron chi connectivity index (χ3n) is 15.2. The molecule has 79 heavy (non-hydrogen) atoms. The number of hydrogen-bond donors (Lipinski definition) is 2. The molecule has 0 aliphatic heterocycles. The molecule has 0 aliphatic rings. The highest BCUT2D eigenvalue weighted by molar-refractivity contribution is 6.20. The third kappa shape index (κ3) is 9.96. The van der Waals surface area contributed by atoms with Crippen molar-refractivity contribution < 1.29 is 4.74 Å². The standard InChI is InChI=1S/C73H67N5O/c1-71(2,3)52-38-39-74-67(45-52)78-66-47-57(36-37-62(66)69-70(78)61-30-19-22-35-65(61)77(69)56-28-17-12-18-29-56)79-58-43-50(48-24-13-10-14-25-48)42-55(46-58)75-63-33-20-21-34-64(63)76-68-59(49-26-15-11-16-27-49)31-23-32-60(68)51-40-53(72(4,5)6)44-54(41-51)73(7,8)9/h10-47,75-76H,1-9H3. The average Bonchev–Trinajstić information content (AvgIpc) is 4.20. The molecule has 0 saturated carbocycles. The van der Waals surface area contributed by atoms with Crippen molar-refractivity contribution in [3.05, 3.63) is 247 Å². The lowest BCUT2D eigenvalue weighted by atomic mass is 9.78. The van der Waals surface area contributed by atoms with E-state index in [4.69, 9.17) is 9.72 Å². The minimum Gasteiger partial charge on any atom is -0.457 e. The van der Waals surface area contributed by atoms with Crippen molar-refractivity contribution in [1.82, 2.24) is 14.1 Å². The van der Waals surface area contributed by atoms with E-state index < -0.39 is 0 Å². The van der Waals surface area contributed by atoms with Gasteiger partial charge in [0.15, 0.2) is 0 Å². The summed E-state index contributed by atoms with van der Waals surface area (Å²) < 4.78 is 11.8. The molecule has 0 spiro atoms. The monoisotopic (exact) mass is 1030 g/mol. The van der Waals surface area contributed by atoms with E-state index in [0.29, 0.717) is 11.5 Å². The first-order valence-corrected chi connectivity index (χ1v) is 27.5. The summed E-state index contributed by atoms with van der Waals surface area (Å²) in [6, 6.07) is 80.1. The highest BCUT2D eigenvalue weighted by atomic mass is 16.5. The summed E-state index contributed by atoms with van der Waals surface area (Å²) in [5.74, 6) is 2.27. The van der Waals surface area contributed by atoms with Gasteiger partial charge in [-0.2, -0.15) is 0 Å². The first kappa shape index (κ1) is 50.7. The van der Waals surface area contributed by atoms with Gasteiger partial charge in [-0.15, -0.1) is 0 Å². The molecule has 6 nitrogen and oxygen atoms in total. The Bertz CT molecular complexity index is 4170. The second-order valence-electron chi connectivity index (χ2n) is 24.0. The van der Waals surface area contributed by atoms with E-state index in [2.05, 4.69) is 307 Å². The Labute approximate surface area is 465 Å². The molecule has 3 aromatic heterocycles. The molecule has 0 atom stereocenters. The molecule has 12 rings (SSSR count). The van der Waals surface area contributed by atoms with Crippen molar-refractivity contribution in [1.29, 1.82) is 0 Å². The van der Waals surface area contributed by atoms with Crippen LogP contribution in [0.5, 0.6) is 11.5 Å². The van der Waals surface area contributed by atoms with Crippen LogP contribution >= 0.6 is 0 Å². The van der Waals surface area contributed by atoms with Gasteiger partial charge in [-0.1, -0.05) is 208 Å². The van der Waals surface area contributed by atoms with Gasteiger partial charge in [0.05, 0.1) is 39.1 Å². The van der Waals surface area contributed by atoms with Crippen molar-refractivity contribution in [2.45, 2.75) is 78.6 Å². The number of ether oxygens (including phenoxy) is 1. The summed E-state index contributed by atoms with van der Waals surface area (Å²) in [5, 5.41) is 10.1. The Morgan fingerprint density at radius 2 is 0.949 bits per heavy atom. The molecule has 6 heteroatoms. The summed E-state index contributed by atoms with van der Waals surface area (Å²) >= 11 is 0. The van der Waals surface area contributed by atoms with E-state index in [1.54, 1.807) is 0 Å². The molecule has 2 N–H and O–H groups in total. The van der Waals surface area contributed by atoms with Gasteiger partial charge in [-0.3, -0.25) is 4.57 Å². The number of para-hydroxylation sites is 5. The van der Waals surface area contributed by atoms with Crippen molar-refractivity contribution >= 4 is 55.6 Å². The minimum absolute atomic E-state index is 0.0420. The average molecular weight is 1030 g/mol. The van der Waals surface area contributed by atoms with Gasteiger partial charge in [-0.05, 0) is 122 Å². The summed E-state index contributed by atoms with van der Waals surface area (Å²) in [7, 11) is 0. The van der Waals surface area contributed by atoms with Crippen molar-refractivity contribution in [2.24, 2.45) is 0 Å². The predicted octanol–water partition coefficient (Wildman–Crippen LogP) is 20.3. The van der Waals surface area contributed by atoms with Crippen LogP contribution in [0.3, 0.4) is 0 Å². The second kappa shape index (κ2) is 20.0. The van der Waals surface area contributed by atoms with Gasteiger partial charge < -0.3 is 19.9 Å². The van der Waals surface area contributed by atoms with E-state index in [-0.39, 0.29) is 16.2 Å². The van der Waals surface area contributed by atoms with E-state index in [1.807, 2.05) is 6.20 Å². The highest BCUT2D eigenvalue weighted by Gasteiger charge is 2.26. The summed E-state index contributed by atoms with van der Waals surface area (Å²) in [5.41, 5.74) is 19.6. The Kier molecular flexibility index (Phi) is 12.8. The molecule has 390 valence electrons. The van der Waals surface area contributed by atoms with E-state index in [9.17, 15) is 0 Å². The van der Waals surface area contributed by atoms with Crippen LogP contribution in [0.25, 0.3) is 77.7 Å². The van der Waals surface area contributed by atoms with Gasteiger partial charge in [0, 0.05) is 51.6 Å². The van der Waals surface area contributed by atoms with Crippen LogP contribution in [0, 0.1) is 0 Å².